The zero-order valence-corrected chi connectivity index (χ0v) is 24.6. The monoisotopic (exact) mass is 582 g/mol. The molecule has 0 aliphatic carbocycles. The Bertz CT molecular complexity index is 1240. The molecule has 2 atom stereocenters. The Morgan fingerprint density at radius 2 is 1.59 bits per heavy atom. The number of rotatable bonds is 11. The molecule has 0 unspecified atom stereocenters. The molecule has 2 saturated heterocycles. The summed E-state index contributed by atoms with van der Waals surface area (Å²) in [6, 6.07) is 16.7. The number of ether oxygens (including phenoxy) is 1. The van der Waals surface area contributed by atoms with Crippen LogP contribution in [0.4, 0.5) is 4.79 Å². The number of morpholine rings is 1. The fourth-order valence-corrected chi connectivity index (χ4v) is 6.46. The third-order valence-corrected chi connectivity index (χ3v) is 9.14. The molecule has 4 rings (SSSR count). The first-order valence-electron chi connectivity index (χ1n) is 14.6. The molecule has 0 saturated carbocycles. The summed E-state index contributed by atoms with van der Waals surface area (Å²) < 4.78 is 31.0. The van der Waals surface area contributed by atoms with E-state index in [1.807, 2.05) is 37.3 Å². The number of nitrogens with zero attached hydrogens (tertiary/aromatic N) is 2. The molecule has 41 heavy (non-hydrogen) atoms. The van der Waals surface area contributed by atoms with Crippen molar-refractivity contribution in [2.45, 2.75) is 62.0 Å². The second-order valence-electron chi connectivity index (χ2n) is 10.6. The highest BCUT2D eigenvalue weighted by molar-refractivity contribution is 7.94. The molecule has 2 heterocycles. The SMILES string of the molecule is CCC[C@H](/C=C/S(=O)(=O)c1ccccc1)NC(=O)[C@@H](Cc1ccccc1)NC(=O)N1CCC(N2CCOCC2)CC1. The third kappa shape index (κ3) is 9.14. The Labute approximate surface area is 243 Å². The van der Waals surface area contributed by atoms with Crippen molar-refractivity contribution in [1.29, 1.82) is 0 Å². The van der Waals surface area contributed by atoms with Crippen molar-refractivity contribution in [3.63, 3.8) is 0 Å². The standard InChI is InChI=1S/C31H42N4O5S/c1-2-9-26(16-23-41(38,39)28-12-7-4-8-13-28)32-30(36)29(24-25-10-5-3-6-11-25)33-31(37)35-17-14-27(15-18-35)34-19-21-40-22-20-34/h3-8,10-13,16,23,26-27,29H,2,9,14-15,17-22,24H2,1H3,(H,32,36)(H,33,37)/b23-16+/t26-,29-/m1/s1. The maximum atomic E-state index is 13.6. The second-order valence-corrected chi connectivity index (χ2v) is 12.5. The van der Waals surface area contributed by atoms with Gasteiger partial charge in [-0.05, 0) is 37.0 Å². The molecule has 10 heteroatoms. The van der Waals surface area contributed by atoms with Crippen LogP contribution in [0.3, 0.4) is 0 Å². The molecule has 2 fully saturated rings. The van der Waals surface area contributed by atoms with Gasteiger partial charge in [0.05, 0.1) is 18.1 Å². The van der Waals surface area contributed by atoms with Crippen molar-refractivity contribution in [2.24, 2.45) is 0 Å². The van der Waals surface area contributed by atoms with Crippen LogP contribution in [0.25, 0.3) is 0 Å². The van der Waals surface area contributed by atoms with E-state index in [0.29, 0.717) is 32.0 Å². The number of amides is 3. The van der Waals surface area contributed by atoms with E-state index in [2.05, 4.69) is 15.5 Å². The molecule has 2 aromatic carbocycles. The Balaban J connectivity index is 1.41. The van der Waals surface area contributed by atoms with Crippen molar-refractivity contribution in [1.82, 2.24) is 20.4 Å². The molecule has 0 spiro atoms. The number of sulfone groups is 1. The quantitative estimate of drug-likeness (QED) is 0.421. The summed E-state index contributed by atoms with van der Waals surface area (Å²) in [6.45, 7) is 6.60. The van der Waals surface area contributed by atoms with Crippen LogP contribution in [0.15, 0.2) is 77.0 Å². The van der Waals surface area contributed by atoms with Crippen molar-refractivity contribution in [3.8, 4) is 0 Å². The fraction of sp³-hybridized carbons (Fsp3) is 0.484. The number of piperidine rings is 1. The lowest BCUT2D eigenvalue weighted by Gasteiger charge is -2.40. The Morgan fingerprint density at radius 1 is 0.951 bits per heavy atom. The van der Waals surface area contributed by atoms with Crippen LogP contribution in [0.2, 0.25) is 0 Å². The summed E-state index contributed by atoms with van der Waals surface area (Å²) in [4.78, 5) is 31.3. The van der Waals surface area contributed by atoms with Gasteiger partial charge >= 0.3 is 6.03 Å². The van der Waals surface area contributed by atoms with E-state index in [9.17, 15) is 18.0 Å². The average Bonchev–Trinajstić information content (AvgIpc) is 3.01. The van der Waals surface area contributed by atoms with Crippen LogP contribution in [0, 0.1) is 0 Å². The lowest BCUT2D eigenvalue weighted by Crippen LogP contribution is -2.56. The van der Waals surface area contributed by atoms with E-state index in [-0.39, 0.29) is 16.8 Å². The molecule has 9 nitrogen and oxygen atoms in total. The number of urea groups is 1. The van der Waals surface area contributed by atoms with Gasteiger partial charge in [-0.3, -0.25) is 9.69 Å². The van der Waals surface area contributed by atoms with Crippen LogP contribution in [0.5, 0.6) is 0 Å². The average molecular weight is 583 g/mol. The molecule has 2 aliphatic rings. The topological polar surface area (TPSA) is 108 Å². The van der Waals surface area contributed by atoms with Gasteiger partial charge in [-0.1, -0.05) is 68.0 Å². The smallest absolute Gasteiger partial charge is 0.318 e. The molecule has 2 N–H and O–H groups in total. The number of carbonyl (C=O) groups excluding carboxylic acids is 2. The van der Waals surface area contributed by atoms with Gasteiger partial charge in [0.15, 0.2) is 9.84 Å². The summed E-state index contributed by atoms with van der Waals surface area (Å²) in [5.74, 6) is -0.342. The van der Waals surface area contributed by atoms with Crippen molar-refractivity contribution in [3.05, 3.63) is 77.7 Å². The van der Waals surface area contributed by atoms with Crippen LogP contribution in [-0.2, 0) is 25.8 Å². The summed E-state index contributed by atoms with van der Waals surface area (Å²) in [5.41, 5.74) is 0.924. The van der Waals surface area contributed by atoms with Gasteiger partial charge in [-0.25, -0.2) is 13.2 Å². The Kier molecular flexibility index (Phi) is 11.4. The van der Waals surface area contributed by atoms with E-state index in [4.69, 9.17) is 4.74 Å². The Hall–Kier alpha value is -3.21. The maximum Gasteiger partial charge on any atom is 0.318 e. The van der Waals surface area contributed by atoms with Gasteiger partial charge in [-0.15, -0.1) is 0 Å². The number of hydrogen-bond donors (Lipinski definition) is 2. The zero-order valence-electron chi connectivity index (χ0n) is 23.8. The first kappa shape index (κ1) is 30.7. The second kappa shape index (κ2) is 15.1. The van der Waals surface area contributed by atoms with E-state index >= 15 is 0 Å². The highest BCUT2D eigenvalue weighted by Crippen LogP contribution is 2.18. The Morgan fingerprint density at radius 3 is 2.22 bits per heavy atom. The number of nitrogens with one attached hydrogen (secondary N) is 2. The van der Waals surface area contributed by atoms with Crippen molar-refractivity contribution in [2.75, 3.05) is 39.4 Å². The summed E-state index contributed by atoms with van der Waals surface area (Å²) in [5, 5.41) is 7.11. The minimum absolute atomic E-state index is 0.199. The minimum Gasteiger partial charge on any atom is -0.379 e. The summed E-state index contributed by atoms with van der Waals surface area (Å²) in [7, 11) is -3.64. The predicted octanol–water partition coefficient (Wildman–Crippen LogP) is 3.38. The van der Waals surface area contributed by atoms with Crippen LogP contribution in [-0.4, -0.2) is 87.7 Å². The lowest BCUT2D eigenvalue weighted by molar-refractivity contribution is -0.123. The predicted molar refractivity (Wildman–Crippen MR) is 159 cm³/mol. The molecular formula is C31H42N4O5S. The molecule has 0 radical (unpaired) electrons. The van der Waals surface area contributed by atoms with Crippen LogP contribution >= 0.6 is 0 Å². The van der Waals surface area contributed by atoms with Gasteiger partial charge in [0, 0.05) is 50.1 Å². The van der Waals surface area contributed by atoms with Crippen LogP contribution in [0.1, 0.15) is 38.2 Å². The van der Waals surface area contributed by atoms with Gasteiger partial charge in [0.25, 0.3) is 0 Å². The largest absolute Gasteiger partial charge is 0.379 e. The van der Waals surface area contributed by atoms with E-state index in [1.165, 1.54) is 6.08 Å². The molecule has 2 aromatic rings. The highest BCUT2D eigenvalue weighted by Gasteiger charge is 2.30. The number of benzene rings is 2. The summed E-state index contributed by atoms with van der Waals surface area (Å²) >= 11 is 0. The van der Waals surface area contributed by atoms with Crippen molar-refractivity contribution < 1.29 is 22.7 Å². The zero-order chi connectivity index (χ0) is 29.1. The summed E-state index contributed by atoms with van der Waals surface area (Å²) in [6.07, 6.45) is 4.95. The van der Waals surface area contributed by atoms with Gasteiger partial charge in [-0.2, -0.15) is 0 Å². The van der Waals surface area contributed by atoms with E-state index in [0.717, 1.165) is 56.5 Å². The van der Waals surface area contributed by atoms with Crippen molar-refractivity contribution >= 4 is 21.8 Å². The molecule has 3 amide bonds. The van der Waals surface area contributed by atoms with Crippen LogP contribution < -0.4 is 10.6 Å². The van der Waals surface area contributed by atoms with E-state index in [1.54, 1.807) is 35.2 Å². The first-order valence-corrected chi connectivity index (χ1v) is 16.1. The fourth-order valence-electron chi connectivity index (χ4n) is 5.37. The van der Waals surface area contributed by atoms with Gasteiger partial charge < -0.3 is 20.3 Å². The highest BCUT2D eigenvalue weighted by atomic mass is 32.2. The minimum atomic E-state index is -3.64. The molecule has 0 aromatic heterocycles. The van der Waals surface area contributed by atoms with Gasteiger partial charge in [0.2, 0.25) is 5.91 Å². The normalized spacial score (nSPS) is 18.6. The number of hydrogen-bond acceptors (Lipinski definition) is 6. The molecular weight excluding hydrogens is 540 g/mol. The third-order valence-electron chi connectivity index (χ3n) is 7.70. The van der Waals surface area contributed by atoms with E-state index < -0.39 is 21.9 Å². The molecule has 2 aliphatic heterocycles. The lowest BCUT2D eigenvalue weighted by atomic mass is 10.0. The maximum absolute atomic E-state index is 13.6. The number of likely N-dealkylation sites (tertiary alicyclic amines) is 1. The molecule has 222 valence electrons. The molecule has 0 bridgehead atoms. The first-order chi connectivity index (χ1) is 19.9. The number of carbonyl (C=O) groups is 2. The van der Waals surface area contributed by atoms with Gasteiger partial charge in [0.1, 0.15) is 6.04 Å².